The summed E-state index contributed by atoms with van der Waals surface area (Å²) in [6.07, 6.45) is -4.13. The zero-order valence-electron chi connectivity index (χ0n) is 7.47. The van der Waals surface area contributed by atoms with Crippen molar-refractivity contribution in [2.75, 3.05) is 39.1 Å². The van der Waals surface area contributed by atoms with E-state index in [4.69, 9.17) is 4.74 Å². The molecule has 6 heteroatoms. The molecular formula is C7H14F3NOS. The van der Waals surface area contributed by atoms with Gasteiger partial charge in [0.2, 0.25) is 0 Å². The smallest absolute Gasteiger partial charge is 0.379 e. The van der Waals surface area contributed by atoms with E-state index in [0.29, 0.717) is 19.0 Å². The number of halogens is 3. The molecule has 0 aliphatic carbocycles. The van der Waals surface area contributed by atoms with Crippen molar-refractivity contribution in [3.05, 3.63) is 0 Å². The second kappa shape index (κ2) is 6.50. The Kier molecular flexibility index (Phi) is 6.53. The van der Waals surface area contributed by atoms with Crippen LogP contribution in [0.2, 0.25) is 0 Å². The quantitative estimate of drug-likeness (QED) is 0.533. The maximum atomic E-state index is 11.8. The van der Waals surface area contributed by atoms with Gasteiger partial charge < -0.3 is 4.74 Å². The van der Waals surface area contributed by atoms with E-state index in [1.54, 1.807) is 0 Å². The largest absolute Gasteiger partial charge is 0.401 e. The van der Waals surface area contributed by atoms with Crippen LogP contribution in [0.4, 0.5) is 13.2 Å². The lowest BCUT2D eigenvalue weighted by Gasteiger charge is -2.17. The molecular weight excluding hydrogens is 203 g/mol. The van der Waals surface area contributed by atoms with Crippen molar-refractivity contribution in [3.63, 3.8) is 0 Å². The van der Waals surface area contributed by atoms with Gasteiger partial charge in [-0.25, -0.2) is 0 Å². The minimum atomic E-state index is -4.13. The van der Waals surface area contributed by atoms with Crippen molar-refractivity contribution < 1.29 is 17.9 Å². The third kappa shape index (κ3) is 9.98. The van der Waals surface area contributed by atoms with Gasteiger partial charge in [0.05, 0.1) is 19.8 Å². The first-order valence-electron chi connectivity index (χ1n) is 3.89. The van der Waals surface area contributed by atoms with E-state index >= 15 is 0 Å². The topological polar surface area (TPSA) is 12.5 Å². The zero-order valence-corrected chi connectivity index (χ0v) is 8.37. The number of thiol groups is 1. The molecule has 0 aliphatic rings. The summed E-state index contributed by atoms with van der Waals surface area (Å²) in [6, 6.07) is 0. The Labute approximate surface area is 81.5 Å². The Morgan fingerprint density at radius 3 is 2.38 bits per heavy atom. The summed E-state index contributed by atoms with van der Waals surface area (Å²) < 4.78 is 40.3. The summed E-state index contributed by atoms with van der Waals surface area (Å²) in [4.78, 5) is 1.18. The molecule has 0 saturated carbocycles. The molecule has 13 heavy (non-hydrogen) atoms. The van der Waals surface area contributed by atoms with Crippen LogP contribution in [-0.4, -0.2) is 50.2 Å². The van der Waals surface area contributed by atoms with Crippen LogP contribution in [0.1, 0.15) is 0 Å². The van der Waals surface area contributed by atoms with E-state index in [2.05, 4.69) is 12.6 Å². The van der Waals surface area contributed by atoms with Crippen LogP contribution < -0.4 is 0 Å². The van der Waals surface area contributed by atoms with Crippen LogP contribution in [0.15, 0.2) is 0 Å². The van der Waals surface area contributed by atoms with Crippen molar-refractivity contribution in [1.29, 1.82) is 0 Å². The Balaban J connectivity index is 3.35. The molecule has 0 fully saturated rings. The first-order valence-corrected chi connectivity index (χ1v) is 4.53. The maximum absolute atomic E-state index is 11.8. The van der Waals surface area contributed by atoms with Gasteiger partial charge in [0.25, 0.3) is 0 Å². The lowest BCUT2D eigenvalue weighted by Crippen LogP contribution is -2.33. The number of hydrogen-bond acceptors (Lipinski definition) is 3. The molecule has 0 atom stereocenters. The molecule has 0 aliphatic heterocycles. The minimum absolute atomic E-state index is 0.285. The summed E-state index contributed by atoms with van der Waals surface area (Å²) in [5, 5.41) is 0. The van der Waals surface area contributed by atoms with Gasteiger partial charge in [-0.15, -0.1) is 0 Å². The number of likely N-dealkylation sites (N-methyl/N-ethyl adjacent to an activating group) is 1. The van der Waals surface area contributed by atoms with Crippen LogP contribution in [0, 0.1) is 0 Å². The molecule has 0 amide bonds. The number of nitrogens with zero attached hydrogens (tertiary/aromatic N) is 1. The summed E-state index contributed by atoms with van der Waals surface area (Å²) in [5.74, 6) is 0.586. The summed E-state index contributed by atoms with van der Waals surface area (Å²) in [5.41, 5.74) is 0. The molecule has 0 spiro atoms. The molecule has 0 aromatic rings. The maximum Gasteiger partial charge on any atom is 0.401 e. The Morgan fingerprint density at radius 1 is 1.31 bits per heavy atom. The summed E-state index contributed by atoms with van der Waals surface area (Å²) in [6.45, 7) is 0.181. The van der Waals surface area contributed by atoms with Gasteiger partial charge in [-0.2, -0.15) is 25.8 Å². The van der Waals surface area contributed by atoms with Crippen molar-refractivity contribution in [2.24, 2.45) is 0 Å². The summed E-state index contributed by atoms with van der Waals surface area (Å²) >= 11 is 3.90. The van der Waals surface area contributed by atoms with E-state index in [9.17, 15) is 13.2 Å². The zero-order chi connectivity index (χ0) is 10.3. The van der Waals surface area contributed by atoms with Gasteiger partial charge in [-0.05, 0) is 7.05 Å². The van der Waals surface area contributed by atoms with Gasteiger partial charge in [-0.1, -0.05) is 0 Å². The molecule has 0 bridgehead atoms. The second-order valence-electron chi connectivity index (χ2n) is 2.69. The van der Waals surface area contributed by atoms with Crippen LogP contribution in [0.25, 0.3) is 0 Å². The van der Waals surface area contributed by atoms with Gasteiger partial charge in [0, 0.05) is 12.3 Å². The van der Waals surface area contributed by atoms with Crippen molar-refractivity contribution in [2.45, 2.75) is 6.18 Å². The van der Waals surface area contributed by atoms with Gasteiger partial charge in [0.1, 0.15) is 0 Å². The Bertz CT molecular complexity index is 131. The highest BCUT2D eigenvalue weighted by molar-refractivity contribution is 7.80. The first-order chi connectivity index (χ1) is 5.95. The Morgan fingerprint density at radius 2 is 1.92 bits per heavy atom. The lowest BCUT2D eigenvalue weighted by molar-refractivity contribution is -0.144. The number of hydrogen-bond donors (Lipinski definition) is 1. The predicted molar refractivity (Wildman–Crippen MR) is 48.2 cm³/mol. The van der Waals surface area contributed by atoms with Crippen molar-refractivity contribution in [1.82, 2.24) is 4.90 Å². The SMILES string of the molecule is CN(CCOCCS)CC(F)(F)F. The van der Waals surface area contributed by atoms with Crippen LogP contribution in [-0.2, 0) is 4.74 Å². The standard InChI is InChI=1S/C7H14F3NOS/c1-11(6-7(8,9)10)2-3-12-4-5-13/h13H,2-6H2,1H3. The summed E-state index contributed by atoms with van der Waals surface area (Å²) in [7, 11) is 1.41. The molecule has 2 nitrogen and oxygen atoms in total. The monoisotopic (exact) mass is 217 g/mol. The molecule has 0 aromatic heterocycles. The molecule has 0 radical (unpaired) electrons. The lowest BCUT2D eigenvalue weighted by atomic mass is 10.5. The minimum Gasteiger partial charge on any atom is -0.379 e. The second-order valence-corrected chi connectivity index (χ2v) is 3.14. The van der Waals surface area contributed by atoms with Crippen molar-refractivity contribution in [3.8, 4) is 0 Å². The third-order valence-corrected chi connectivity index (χ3v) is 1.48. The van der Waals surface area contributed by atoms with E-state index in [0.717, 1.165) is 0 Å². The van der Waals surface area contributed by atoms with E-state index in [1.807, 2.05) is 0 Å². The average molecular weight is 217 g/mol. The highest BCUT2D eigenvalue weighted by Crippen LogP contribution is 2.14. The third-order valence-electron chi connectivity index (χ3n) is 1.30. The van der Waals surface area contributed by atoms with Crippen LogP contribution >= 0.6 is 12.6 Å². The van der Waals surface area contributed by atoms with Gasteiger partial charge in [-0.3, -0.25) is 4.90 Å². The molecule has 80 valence electrons. The van der Waals surface area contributed by atoms with Crippen LogP contribution in [0.3, 0.4) is 0 Å². The predicted octanol–water partition coefficient (Wildman–Crippen LogP) is 1.43. The number of rotatable bonds is 6. The molecule has 0 aromatic carbocycles. The highest BCUT2D eigenvalue weighted by atomic mass is 32.1. The average Bonchev–Trinajstić information content (AvgIpc) is 1.94. The fourth-order valence-corrected chi connectivity index (χ4v) is 0.901. The van der Waals surface area contributed by atoms with Gasteiger partial charge in [0.15, 0.2) is 0 Å². The highest BCUT2D eigenvalue weighted by Gasteiger charge is 2.28. The van der Waals surface area contributed by atoms with Gasteiger partial charge >= 0.3 is 6.18 Å². The Hall–Kier alpha value is 0.0600. The first kappa shape index (κ1) is 13.1. The molecule has 0 N–H and O–H groups in total. The van der Waals surface area contributed by atoms with E-state index < -0.39 is 12.7 Å². The molecule has 0 rings (SSSR count). The number of alkyl halides is 3. The molecule has 0 saturated heterocycles. The molecule has 0 unspecified atom stereocenters. The molecule has 0 heterocycles. The normalized spacial score (nSPS) is 12.5. The van der Waals surface area contributed by atoms with Crippen LogP contribution in [0.5, 0.6) is 0 Å². The number of ether oxygens (including phenoxy) is 1. The van der Waals surface area contributed by atoms with E-state index in [1.165, 1.54) is 11.9 Å². The fourth-order valence-electron chi connectivity index (χ4n) is 0.772. The van der Waals surface area contributed by atoms with Crippen molar-refractivity contribution >= 4 is 12.6 Å². The fraction of sp³-hybridized carbons (Fsp3) is 1.00. The van der Waals surface area contributed by atoms with E-state index in [-0.39, 0.29) is 6.54 Å².